The Kier molecular flexibility index (Phi) is 9.18. The van der Waals surface area contributed by atoms with Crippen molar-refractivity contribution in [3.63, 3.8) is 0 Å². The average Bonchev–Trinajstić information content (AvgIpc) is 2.82. The molecule has 0 aliphatic heterocycles. The summed E-state index contributed by atoms with van der Waals surface area (Å²) in [6.07, 6.45) is 0.366. The summed E-state index contributed by atoms with van der Waals surface area (Å²) in [5.74, 6) is -0.0936. The SMILES string of the molecule is CNC(=O)[C@H](Cc1ccccc1)N(Cc1ccc(Cl)cc1)C(=O)COc1ccc(Cl)cc1Br. The van der Waals surface area contributed by atoms with Crippen LogP contribution >= 0.6 is 39.1 Å². The minimum Gasteiger partial charge on any atom is -0.483 e. The molecule has 0 unspecified atom stereocenters. The predicted octanol–water partition coefficient (Wildman–Crippen LogP) is 5.52. The van der Waals surface area contributed by atoms with Gasteiger partial charge in [0.2, 0.25) is 5.91 Å². The first-order chi connectivity index (χ1) is 15.9. The number of nitrogens with one attached hydrogen (secondary N) is 1. The normalized spacial score (nSPS) is 11.5. The van der Waals surface area contributed by atoms with E-state index in [1.807, 2.05) is 42.5 Å². The minimum atomic E-state index is -0.724. The molecule has 1 N–H and O–H groups in total. The lowest BCUT2D eigenvalue weighted by molar-refractivity contribution is -0.142. The van der Waals surface area contributed by atoms with E-state index in [4.69, 9.17) is 27.9 Å². The quantitative estimate of drug-likeness (QED) is 0.382. The first-order valence-electron chi connectivity index (χ1n) is 10.2. The zero-order valence-electron chi connectivity index (χ0n) is 17.9. The third-order valence-electron chi connectivity index (χ3n) is 5.03. The third-order valence-corrected chi connectivity index (χ3v) is 6.14. The molecule has 33 heavy (non-hydrogen) atoms. The molecule has 3 aromatic carbocycles. The minimum absolute atomic E-state index is 0.228. The van der Waals surface area contributed by atoms with Crippen molar-refractivity contribution in [1.82, 2.24) is 10.2 Å². The Hall–Kier alpha value is -2.54. The van der Waals surface area contributed by atoms with Crippen LogP contribution in [0.5, 0.6) is 5.75 Å². The van der Waals surface area contributed by atoms with Crippen molar-refractivity contribution in [2.45, 2.75) is 19.0 Å². The van der Waals surface area contributed by atoms with Crippen molar-refractivity contribution in [3.05, 3.63) is 98.4 Å². The maximum Gasteiger partial charge on any atom is 0.261 e. The Morgan fingerprint density at radius 1 is 0.970 bits per heavy atom. The maximum atomic E-state index is 13.4. The van der Waals surface area contributed by atoms with Gasteiger partial charge >= 0.3 is 0 Å². The monoisotopic (exact) mass is 548 g/mol. The third kappa shape index (κ3) is 7.22. The molecule has 0 aliphatic carbocycles. The zero-order chi connectivity index (χ0) is 23.8. The largest absolute Gasteiger partial charge is 0.483 e. The van der Waals surface area contributed by atoms with E-state index in [9.17, 15) is 9.59 Å². The van der Waals surface area contributed by atoms with Crippen LogP contribution in [0.15, 0.2) is 77.3 Å². The highest BCUT2D eigenvalue weighted by Crippen LogP contribution is 2.28. The highest BCUT2D eigenvalue weighted by molar-refractivity contribution is 9.10. The lowest BCUT2D eigenvalue weighted by atomic mass is 10.0. The second kappa shape index (κ2) is 12.1. The molecule has 0 saturated carbocycles. The summed E-state index contributed by atoms with van der Waals surface area (Å²) < 4.78 is 6.39. The fraction of sp³-hybridized carbons (Fsp3) is 0.200. The van der Waals surface area contributed by atoms with Gasteiger partial charge in [0.1, 0.15) is 11.8 Å². The summed E-state index contributed by atoms with van der Waals surface area (Å²) in [6.45, 7) is -0.0117. The second-order valence-electron chi connectivity index (χ2n) is 7.33. The fourth-order valence-corrected chi connectivity index (χ4v) is 4.24. The first kappa shape index (κ1) is 25.1. The summed E-state index contributed by atoms with van der Waals surface area (Å²) >= 11 is 15.4. The number of hydrogen-bond acceptors (Lipinski definition) is 3. The fourth-order valence-electron chi connectivity index (χ4n) is 3.32. The number of nitrogens with zero attached hydrogens (tertiary/aromatic N) is 1. The molecule has 8 heteroatoms. The van der Waals surface area contributed by atoms with E-state index in [0.29, 0.717) is 26.7 Å². The molecule has 0 saturated heterocycles. The number of hydrogen-bond donors (Lipinski definition) is 1. The van der Waals surface area contributed by atoms with Gasteiger partial charge in [0.15, 0.2) is 6.61 Å². The van der Waals surface area contributed by atoms with Crippen molar-refractivity contribution < 1.29 is 14.3 Å². The van der Waals surface area contributed by atoms with Gasteiger partial charge in [-0.25, -0.2) is 0 Å². The average molecular weight is 550 g/mol. The van der Waals surface area contributed by atoms with E-state index in [-0.39, 0.29) is 25.0 Å². The van der Waals surface area contributed by atoms with Gasteiger partial charge in [-0.15, -0.1) is 0 Å². The Labute approximate surface area is 211 Å². The van der Waals surface area contributed by atoms with Gasteiger partial charge in [-0.05, 0) is 57.4 Å². The predicted molar refractivity (Wildman–Crippen MR) is 135 cm³/mol. The van der Waals surface area contributed by atoms with E-state index >= 15 is 0 Å². The molecular formula is C25H23BrCl2N2O3. The zero-order valence-corrected chi connectivity index (χ0v) is 21.0. The summed E-state index contributed by atoms with van der Waals surface area (Å²) in [5, 5.41) is 3.83. The molecule has 1 atom stereocenters. The van der Waals surface area contributed by atoms with Gasteiger partial charge in [-0.3, -0.25) is 9.59 Å². The highest BCUT2D eigenvalue weighted by Gasteiger charge is 2.30. The van der Waals surface area contributed by atoms with Crippen LogP contribution < -0.4 is 10.1 Å². The van der Waals surface area contributed by atoms with Gasteiger partial charge in [-0.2, -0.15) is 0 Å². The van der Waals surface area contributed by atoms with Gasteiger partial charge in [0.05, 0.1) is 4.47 Å². The molecule has 3 rings (SSSR count). The van der Waals surface area contributed by atoms with Gasteiger partial charge in [-0.1, -0.05) is 65.7 Å². The summed E-state index contributed by atoms with van der Waals surface area (Å²) in [6, 6.07) is 21.1. The maximum absolute atomic E-state index is 13.4. The van der Waals surface area contributed by atoms with Crippen LogP contribution in [0.3, 0.4) is 0 Å². The molecule has 0 radical (unpaired) electrons. The van der Waals surface area contributed by atoms with Gasteiger partial charge < -0.3 is 15.0 Å². The number of halogens is 3. The van der Waals surface area contributed by atoms with E-state index in [0.717, 1.165) is 11.1 Å². The van der Waals surface area contributed by atoms with E-state index in [1.54, 1.807) is 42.3 Å². The molecule has 0 aliphatic rings. The van der Waals surface area contributed by atoms with Crippen LogP contribution in [0.2, 0.25) is 10.0 Å². The molecule has 0 aromatic heterocycles. The Morgan fingerprint density at radius 2 is 1.64 bits per heavy atom. The number of carbonyl (C=O) groups excluding carboxylic acids is 2. The summed E-state index contributed by atoms with van der Waals surface area (Å²) in [4.78, 5) is 27.8. The molecule has 2 amide bonds. The van der Waals surface area contributed by atoms with Gasteiger partial charge in [0.25, 0.3) is 5.91 Å². The first-order valence-corrected chi connectivity index (χ1v) is 11.8. The Balaban J connectivity index is 1.87. The van der Waals surface area contributed by atoms with Crippen LogP contribution in [-0.4, -0.2) is 36.4 Å². The number of likely N-dealkylation sites (N-methyl/N-ethyl adjacent to an activating group) is 1. The number of benzene rings is 3. The van der Waals surface area contributed by atoms with Crippen molar-refractivity contribution in [1.29, 1.82) is 0 Å². The molecule has 0 heterocycles. The van der Waals surface area contributed by atoms with Crippen molar-refractivity contribution in [2.75, 3.05) is 13.7 Å². The van der Waals surface area contributed by atoms with Crippen LogP contribution in [0.4, 0.5) is 0 Å². The van der Waals surface area contributed by atoms with E-state index in [2.05, 4.69) is 21.2 Å². The molecule has 5 nitrogen and oxygen atoms in total. The second-order valence-corrected chi connectivity index (χ2v) is 9.06. The number of amides is 2. The summed E-state index contributed by atoms with van der Waals surface area (Å²) in [5.41, 5.74) is 1.80. The number of ether oxygens (including phenoxy) is 1. The van der Waals surface area contributed by atoms with Gasteiger partial charge in [0, 0.05) is 30.1 Å². The Bertz CT molecular complexity index is 1090. The van der Waals surface area contributed by atoms with Crippen molar-refractivity contribution >= 4 is 50.9 Å². The van der Waals surface area contributed by atoms with Crippen LogP contribution in [-0.2, 0) is 22.6 Å². The topological polar surface area (TPSA) is 58.6 Å². The van der Waals surface area contributed by atoms with E-state index < -0.39 is 6.04 Å². The Morgan fingerprint density at radius 3 is 2.27 bits per heavy atom. The molecule has 3 aromatic rings. The lowest BCUT2D eigenvalue weighted by Gasteiger charge is -2.31. The molecule has 0 spiro atoms. The molecule has 0 bridgehead atoms. The van der Waals surface area contributed by atoms with E-state index in [1.165, 1.54) is 0 Å². The van der Waals surface area contributed by atoms with Crippen LogP contribution in [0, 0.1) is 0 Å². The molecule has 172 valence electrons. The van der Waals surface area contributed by atoms with Crippen molar-refractivity contribution in [3.8, 4) is 5.75 Å². The molecule has 0 fully saturated rings. The molecular weight excluding hydrogens is 527 g/mol. The van der Waals surface area contributed by atoms with Crippen LogP contribution in [0.1, 0.15) is 11.1 Å². The number of carbonyl (C=O) groups is 2. The standard InChI is InChI=1S/C25H23BrCl2N2O3/c1-29-25(32)22(13-17-5-3-2-4-6-17)30(15-18-7-9-19(27)10-8-18)24(31)16-33-23-12-11-20(28)14-21(23)26/h2-12,14,22H,13,15-16H2,1H3,(H,29,32)/t22-/m0/s1. The van der Waals surface area contributed by atoms with Crippen molar-refractivity contribution in [2.24, 2.45) is 0 Å². The summed E-state index contributed by atoms with van der Waals surface area (Å²) in [7, 11) is 1.56. The number of rotatable bonds is 9. The lowest BCUT2D eigenvalue weighted by Crippen LogP contribution is -2.51. The van der Waals surface area contributed by atoms with Crippen LogP contribution in [0.25, 0.3) is 0 Å². The smallest absolute Gasteiger partial charge is 0.261 e. The highest BCUT2D eigenvalue weighted by atomic mass is 79.9.